The molecule has 0 aromatic rings. The van der Waals surface area contributed by atoms with E-state index in [1.54, 1.807) is 0 Å². The van der Waals surface area contributed by atoms with Crippen molar-refractivity contribution >= 4 is 33.7 Å². The molecule has 3 amide bonds. The second-order valence-electron chi connectivity index (χ2n) is 7.87. The zero-order valence-electron chi connectivity index (χ0n) is 15.9. The van der Waals surface area contributed by atoms with E-state index in [0.717, 1.165) is 6.42 Å². The number of aliphatic hydroxyl groups excluding tert-OH is 1. The Labute approximate surface area is 167 Å². The smallest absolute Gasteiger partial charge is 0.246 e. The Morgan fingerprint density at radius 2 is 2.11 bits per heavy atom. The quantitative estimate of drug-likeness (QED) is 0.469. The fourth-order valence-corrected chi connectivity index (χ4v) is 5.75. The number of carbonyl (C=O) groups is 3. The molecule has 3 saturated heterocycles. The number of hydrogen-bond acceptors (Lipinski definition) is 5. The predicted molar refractivity (Wildman–Crippen MR) is 101 cm³/mol. The molecular formula is C18H28BrN3O5. The molecule has 0 aromatic heterocycles. The molecule has 3 aliphatic rings. The highest BCUT2D eigenvalue weighted by Crippen LogP contribution is 2.59. The molecule has 0 saturated carbocycles. The number of hydrogen-bond donors (Lipinski definition) is 3. The van der Waals surface area contributed by atoms with Crippen LogP contribution in [0.2, 0.25) is 0 Å². The Bertz CT molecular complexity index is 630. The molecule has 3 fully saturated rings. The van der Waals surface area contributed by atoms with Crippen molar-refractivity contribution in [3.63, 3.8) is 0 Å². The van der Waals surface area contributed by atoms with E-state index in [9.17, 15) is 19.5 Å². The first-order valence-electron chi connectivity index (χ1n) is 9.59. The number of alkyl halides is 1. The number of rotatable bonds is 7. The third kappa shape index (κ3) is 3.17. The van der Waals surface area contributed by atoms with Crippen LogP contribution >= 0.6 is 15.9 Å². The molecule has 3 rings (SSSR count). The van der Waals surface area contributed by atoms with Gasteiger partial charge < -0.3 is 25.4 Å². The van der Waals surface area contributed by atoms with Gasteiger partial charge in [-0.15, -0.1) is 0 Å². The van der Waals surface area contributed by atoms with Crippen molar-refractivity contribution in [3.8, 4) is 0 Å². The molecule has 2 bridgehead atoms. The van der Waals surface area contributed by atoms with Crippen molar-refractivity contribution < 1.29 is 24.2 Å². The van der Waals surface area contributed by atoms with E-state index in [2.05, 4.69) is 26.6 Å². The van der Waals surface area contributed by atoms with E-state index in [0.29, 0.717) is 13.0 Å². The van der Waals surface area contributed by atoms with Crippen molar-refractivity contribution in [2.24, 2.45) is 11.8 Å². The average Bonchev–Trinajstić information content (AvgIpc) is 3.17. The predicted octanol–water partition coefficient (Wildman–Crippen LogP) is -0.222. The van der Waals surface area contributed by atoms with Gasteiger partial charge in [-0.1, -0.05) is 22.9 Å². The van der Waals surface area contributed by atoms with E-state index in [-0.39, 0.29) is 41.7 Å². The summed E-state index contributed by atoms with van der Waals surface area (Å²) >= 11 is 3.59. The SMILES string of the molecule is CCCNC(=O)[C@H]1[C@@H]2OC3(CC2Br)C(C(=O)NC(C)C)N(CCO)C(=O)[C@H]13. The van der Waals surface area contributed by atoms with Crippen LogP contribution in [0, 0.1) is 11.8 Å². The maximum absolute atomic E-state index is 13.2. The Balaban J connectivity index is 1.98. The summed E-state index contributed by atoms with van der Waals surface area (Å²) in [6.45, 7) is 5.97. The van der Waals surface area contributed by atoms with Gasteiger partial charge in [0.25, 0.3) is 0 Å². The van der Waals surface area contributed by atoms with Crippen LogP contribution < -0.4 is 10.6 Å². The lowest BCUT2D eigenvalue weighted by Crippen LogP contribution is -2.57. The topological polar surface area (TPSA) is 108 Å². The maximum atomic E-state index is 13.2. The van der Waals surface area contributed by atoms with Crippen molar-refractivity contribution in [3.05, 3.63) is 0 Å². The Hall–Kier alpha value is -1.19. The van der Waals surface area contributed by atoms with E-state index in [4.69, 9.17) is 4.74 Å². The van der Waals surface area contributed by atoms with Crippen LogP contribution in [0.25, 0.3) is 0 Å². The number of halogens is 1. The summed E-state index contributed by atoms with van der Waals surface area (Å²) in [5.74, 6) is -2.14. The summed E-state index contributed by atoms with van der Waals surface area (Å²) < 4.78 is 6.26. The lowest BCUT2D eigenvalue weighted by Gasteiger charge is -2.34. The monoisotopic (exact) mass is 445 g/mol. The molecule has 27 heavy (non-hydrogen) atoms. The molecule has 0 radical (unpaired) electrons. The number of amides is 3. The van der Waals surface area contributed by atoms with Crippen LogP contribution in [0.3, 0.4) is 0 Å². The van der Waals surface area contributed by atoms with Crippen molar-refractivity contribution in [1.29, 1.82) is 0 Å². The summed E-state index contributed by atoms with van der Waals surface area (Å²) in [5.41, 5.74) is -1.04. The number of aliphatic hydroxyl groups is 1. The van der Waals surface area contributed by atoms with Crippen LogP contribution in [-0.2, 0) is 19.1 Å². The molecule has 9 heteroatoms. The van der Waals surface area contributed by atoms with Crippen molar-refractivity contribution in [2.75, 3.05) is 19.7 Å². The highest BCUT2D eigenvalue weighted by Gasteiger charge is 2.76. The summed E-state index contributed by atoms with van der Waals surface area (Å²) in [4.78, 5) is 40.3. The zero-order chi connectivity index (χ0) is 19.9. The normalized spacial score (nSPS) is 37.0. The van der Waals surface area contributed by atoms with Gasteiger partial charge in [0.1, 0.15) is 11.6 Å². The molecule has 1 spiro atoms. The summed E-state index contributed by atoms with van der Waals surface area (Å²) in [7, 11) is 0. The number of fused-ring (bicyclic) bond motifs is 1. The minimum absolute atomic E-state index is 0.0392. The van der Waals surface area contributed by atoms with Crippen LogP contribution in [-0.4, -0.2) is 76.0 Å². The Morgan fingerprint density at radius 3 is 2.70 bits per heavy atom. The average molecular weight is 446 g/mol. The second kappa shape index (κ2) is 7.67. The van der Waals surface area contributed by atoms with E-state index >= 15 is 0 Å². The Morgan fingerprint density at radius 1 is 1.41 bits per heavy atom. The number of β-amino-alcohol motifs (C(OH)–C–C–N with tert-alkyl or cyclic N) is 1. The number of nitrogens with zero attached hydrogens (tertiary/aromatic N) is 1. The number of likely N-dealkylation sites (tertiary alicyclic amines) is 1. The van der Waals surface area contributed by atoms with E-state index in [1.165, 1.54) is 4.90 Å². The first-order chi connectivity index (χ1) is 12.8. The van der Waals surface area contributed by atoms with Gasteiger partial charge in [-0.05, 0) is 26.7 Å². The highest BCUT2D eigenvalue weighted by molar-refractivity contribution is 9.09. The largest absolute Gasteiger partial charge is 0.395 e. The standard InChI is InChI=1S/C18H28BrN3O5/c1-4-5-20-15(24)11-12-17(26)22(6-7-23)14(16(25)21-9(2)3)18(12)8-10(19)13(11)27-18/h9-14,23H,4-8H2,1-3H3,(H,20,24)(H,21,25)/t10?,11-,12+,13-,14?,18?/m1/s1. The maximum Gasteiger partial charge on any atom is 0.246 e. The summed E-state index contributed by atoms with van der Waals surface area (Å²) in [6, 6.07) is -0.945. The fourth-order valence-electron chi connectivity index (χ4n) is 4.81. The molecule has 3 unspecified atom stereocenters. The third-order valence-electron chi connectivity index (χ3n) is 5.66. The molecule has 8 nitrogen and oxygen atoms in total. The van der Waals surface area contributed by atoms with Crippen LogP contribution in [0.15, 0.2) is 0 Å². The molecule has 6 atom stereocenters. The molecular weight excluding hydrogens is 418 g/mol. The lowest BCUT2D eigenvalue weighted by atomic mass is 9.70. The van der Waals surface area contributed by atoms with Crippen LogP contribution in [0.5, 0.6) is 0 Å². The molecule has 3 N–H and O–H groups in total. The highest BCUT2D eigenvalue weighted by atomic mass is 79.9. The summed E-state index contributed by atoms with van der Waals surface area (Å²) in [6.07, 6.45) is 0.826. The number of ether oxygens (including phenoxy) is 1. The third-order valence-corrected chi connectivity index (χ3v) is 6.51. The molecule has 0 aromatic carbocycles. The summed E-state index contributed by atoms with van der Waals surface area (Å²) in [5, 5.41) is 15.2. The zero-order valence-corrected chi connectivity index (χ0v) is 17.5. The van der Waals surface area contributed by atoms with Gasteiger partial charge >= 0.3 is 0 Å². The van der Waals surface area contributed by atoms with Gasteiger partial charge in [0.05, 0.1) is 24.5 Å². The lowest BCUT2D eigenvalue weighted by molar-refractivity contribution is -0.142. The Kier molecular flexibility index (Phi) is 5.84. The number of nitrogens with one attached hydrogen (secondary N) is 2. The van der Waals surface area contributed by atoms with E-state index < -0.39 is 29.6 Å². The van der Waals surface area contributed by atoms with Gasteiger partial charge in [-0.3, -0.25) is 14.4 Å². The minimum Gasteiger partial charge on any atom is -0.395 e. The molecule has 0 aliphatic carbocycles. The molecule has 3 aliphatic heterocycles. The van der Waals surface area contributed by atoms with E-state index in [1.807, 2.05) is 20.8 Å². The van der Waals surface area contributed by atoms with Gasteiger partial charge in [0.15, 0.2) is 0 Å². The van der Waals surface area contributed by atoms with Crippen molar-refractivity contribution in [2.45, 2.75) is 62.2 Å². The molecule has 152 valence electrons. The fraction of sp³-hybridized carbons (Fsp3) is 0.833. The van der Waals surface area contributed by atoms with Gasteiger partial charge in [0, 0.05) is 24.0 Å². The number of carbonyl (C=O) groups excluding carboxylic acids is 3. The van der Waals surface area contributed by atoms with Crippen LogP contribution in [0.4, 0.5) is 0 Å². The van der Waals surface area contributed by atoms with Gasteiger partial charge in [-0.2, -0.15) is 0 Å². The van der Waals surface area contributed by atoms with Crippen molar-refractivity contribution in [1.82, 2.24) is 15.5 Å². The van der Waals surface area contributed by atoms with Gasteiger partial charge in [0.2, 0.25) is 17.7 Å². The molecule has 3 heterocycles. The first-order valence-corrected chi connectivity index (χ1v) is 10.5. The van der Waals surface area contributed by atoms with Gasteiger partial charge in [-0.25, -0.2) is 0 Å². The minimum atomic E-state index is -1.04. The second-order valence-corrected chi connectivity index (χ2v) is 9.05. The first kappa shape index (κ1) is 20.5. The van der Waals surface area contributed by atoms with Crippen LogP contribution in [0.1, 0.15) is 33.6 Å².